The Hall–Kier alpha value is -1.69. The third-order valence-corrected chi connectivity index (χ3v) is 6.44. The van der Waals surface area contributed by atoms with Gasteiger partial charge in [-0.3, -0.25) is 4.90 Å². The Morgan fingerprint density at radius 1 is 1.08 bits per heavy atom. The first kappa shape index (κ1) is 17.1. The van der Waals surface area contributed by atoms with Gasteiger partial charge in [-0.1, -0.05) is 42.5 Å². The van der Waals surface area contributed by atoms with Gasteiger partial charge in [-0.15, -0.1) is 0 Å². The number of rotatable bonds is 5. The molecule has 128 valence electrons. The highest BCUT2D eigenvalue weighted by atomic mass is 32.2. The highest BCUT2D eigenvalue weighted by Gasteiger charge is 2.24. The summed E-state index contributed by atoms with van der Waals surface area (Å²) in [5.41, 5.74) is 2.44. The minimum Gasteiger partial charge on any atom is -0.298 e. The zero-order chi connectivity index (χ0) is 17.2. The summed E-state index contributed by atoms with van der Waals surface area (Å²) < 4.78 is 25.8. The Kier molecular flexibility index (Phi) is 5.04. The maximum atomic E-state index is 12.3. The van der Waals surface area contributed by atoms with Crippen molar-refractivity contribution in [2.75, 3.05) is 27.2 Å². The summed E-state index contributed by atoms with van der Waals surface area (Å²) in [4.78, 5) is 2.77. The highest BCUT2D eigenvalue weighted by molar-refractivity contribution is 7.89. The maximum absolute atomic E-state index is 12.3. The van der Waals surface area contributed by atoms with Crippen molar-refractivity contribution in [2.45, 2.75) is 23.8 Å². The minimum atomic E-state index is -3.37. The van der Waals surface area contributed by atoms with Gasteiger partial charge >= 0.3 is 0 Å². The van der Waals surface area contributed by atoms with E-state index < -0.39 is 10.0 Å². The minimum absolute atomic E-state index is 0.365. The predicted octanol–water partition coefficient (Wildman–Crippen LogP) is 2.93. The largest absolute Gasteiger partial charge is 0.298 e. The van der Waals surface area contributed by atoms with E-state index in [1.807, 2.05) is 18.2 Å². The van der Waals surface area contributed by atoms with Crippen LogP contribution in [0.25, 0.3) is 0 Å². The first-order valence-corrected chi connectivity index (χ1v) is 9.69. The third-order valence-electron chi connectivity index (χ3n) is 4.63. The number of sulfonamides is 1. The van der Waals surface area contributed by atoms with Crippen molar-refractivity contribution >= 4 is 10.0 Å². The van der Waals surface area contributed by atoms with Crippen molar-refractivity contribution in [3.05, 3.63) is 65.7 Å². The van der Waals surface area contributed by atoms with Crippen molar-refractivity contribution < 1.29 is 8.42 Å². The molecule has 0 saturated carbocycles. The number of hydrogen-bond donors (Lipinski definition) is 0. The quantitative estimate of drug-likeness (QED) is 0.837. The normalized spacial score (nSPS) is 19.0. The maximum Gasteiger partial charge on any atom is 0.242 e. The molecule has 1 heterocycles. The van der Waals surface area contributed by atoms with Gasteiger partial charge in [0.15, 0.2) is 0 Å². The molecule has 24 heavy (non-hydrogen) atoms. The number of likely N-dealkylation sites (tertiary alicyclic amines) is 1. The molecule has 1 aliphatic heterocycles. The van der Waals surface area contributed by atoms with Crippen molar-refractivity contribution in [3.63, 3.8) is 0 Å². The van der Waals surface area contributed by atoms with Gasteiger partial charge < -0.3 is 0 Å². The second-order valence-corrected chi connectivity index (χ2v) is 8.72. The van der Waals surface area contributed by atoms with E-state index in [0.717, 1.165) is 31.6 Å². The Labute approximate surface area is 144 Å². The van der Waals surface area contributed by atoms with Gasteiger partial charge in [-0.2, -0.15) is 0 Å². The molecule has 0 unspecified atom stereocenters. The molecule has 5 heteroatoms. The summed E-state index contributed by atoms with van der Waals surface area (Å²) in [5.74, 6) is 0.569. The average Bonchev–Trinajstić information content (AvgIpc) is 3.04. The van der Waals surface area contributed by atoms with Crippen molar-refractivity contribution in [2.24, 2.45) is 0 Å². The molecule has 0 amide bonds. The standard InChI is InChI=1S/C19H24N2O2S/c1-20(2)24(22,23)19-10-6-7-16(13-19)14-21-12-11-18(15-21)17-8-4-3-5-9-17/h3-10,13,18H,11-12,14-15H2,1-2H3/t18-/m0/s1. The summed E-state index contributed by atoms with van der Waals surface area (Å²) >= 11 is 0. The van der Waals surface area contributed by atoms with Crippen LogP contribution in [0.15, 0.2) is 59.5 Å². The first-order valence-electron chi connectivity index (χ1n) is 8.25. The van der Waals surface area contributed by atoms with E-state index in [2.05, 4.69) is 29.2 Å². The molecule has 0 bridgehead atoms. The van der Waals surface area contributed by atoms with Crippen LogP contribution < -0.4 is 0 Å². The molecule has 1 saturated heterocycles. The lowest BCUT2D eigenvalue weighted by Gasteiger charge is -2.17. The van der Waals surface area contributed by atoms with Crippen molar-refractivity contribution in [1.82, 2.24) is 9.21 Å². The fourth-order valence-electron chi connectivity index (χ4n) is 3.25. The third kappa shape index (κ3) is 3.69. The van der Waals surface area contributed by atoms with Crippen LogP contribution in [0.5, 0.6) is 0 Å². The van der Waals surface area contributed by atoms with Crippen LogP contribution in [-0.2, 0) is 16.6 Å². The number of nitrogens with zero attached hydrogens (tertiary/aromatic N) is 2. The molecule has 3 rings (SSSR count). The van der Waals surface area contributed by atoms with Gasteiger partial charge in [0.05, 0.1) is 4.90 Å². The average molecular weight is 344 g/mol. The van der Waals surface area contributed by atoms with Gasteiger partial charge in [0, 0.05) is 27.2 Å². The van der Waals surface area contributed by atoms with Gasteiger partial charge in [-0.05, 0) is 42.1 Å². The molecule has 0 aromatic heterocycles. The Morgan fingerprint density at radius 2 is 1.83 bits per heavy atom. The fraction of sp³-hybridized carbons (Fsp3) is 0.368. The topological polar surface area (TPSA) is 40.6 Å². The monoisotopic (exact) mass is 344 g/mol. The smallest absolute Gasteiger partial charge is 0.242 e. The molecule has 0 aliphatic carbocycles. The van der Waals surface area contributed by atoms with Gasteiger partial charge in [0.2, 0.25) is 10.0 Å². The zero-order valence-corrected chi connectivity index (χ0v) is 15.0. The molecule has 1 aliphatic rings. The van der Waals surface area contributed by atoms with Crippen LogP contribution >= 0.6 is 0 Å². The molecule has 4 nitrogen and oxygen atoms in total. The van der Waals surface area contributed by atoms with E-state index in [1.54, 1.807) is 26.2 Å². The SMILES string of the molecule is CN(C)S(=O)(=O)c1cccc(CN2CC[C@H](c3ccccc3)C2)c1. The molecule has 0 N–H and O–H groups in total. The summed E-state index contributed by atoms with van der Waals surface area (Å²) in [6.07, 6.45) is 1.15. The molecular weight excluding hydrogens is 320 g/mol. The summed E-state index contributed by atoms with van der Waals surface area (Å²) in [7, 11) is -0.247. The molecule has 0 radical (unpaired) electrons. The zero-order valence-electron chi connectivity index (χ0n) is 14.2. The van der Waals surface area contributed by atoms with E-state index in [4.69, 9.17) is 0 Å². The predicted molar refractivity (Wildman–Crippen MR) is 96.4 cm³/mol. The van der Waals surface area contributed by atoms with Gasteiger partial charge in [0.1, 0.15) is 0 Å². The Bertz CT molecular complexity index is 788. The van der Waals surface area contributed by atoms with E-state index in [0.29, 0.717) is 10.8 Å². The van der Waals surface area contributed by atoms with E-state index in [-0.39, 0.29) is 0 Å². The molecule has 1 atom stereocenters. The van der Waals surface area contributed by atoms with Gasteiger partial charge in [0.25, 0.3) is 0 Å². The molecule has 1 fully saturated rings. The van der Waals surface area contributed by atoms with E-state index in [9.17, 15) is 8.42 Å². The van der Waals surface area contributed by atoms with Crippen LogP contribution in [0.4, 0.5) is 0 Å². The number of hydrogen-bond acceptors (Lipinski definition) is 3. The number of benzene rings is 2. The van der Waals surface area contributed by atoms with Crippen LogP contribution in [-0.4, -0.2) is 44.8 Å². The lowest BCUT2D eigenvalue weighted by Crippen LogP contribution is -2.23. The van der Waals surface area contributed by atoms with Crippen molar-refractivity contribution in [3.8, 4) is 0 Å². The van der Waals surface area contributed by atoms with Gasteiger partial charge in [-0.25, -0.2) is 12.7 Å². The molecule has 2 aromatic rings. The first-order chi connectivity index (χ1) is 11.5. The van der Waals surface area contributed by atoms with Crippen LogP contribution in [0.2, 0.25) is 0 Å². The van der Waals surface area contributed by atoms with Crippen molar-refractivity contribution in [1.29, 1.82) is 0 Å². The molecular formula is C19H24N2O2S. The Morgan fingerprint density at radius 3 is 2.54 bits per heavy atom. The van der Waals surface area contributed by atoms with Crippen LogP contribution in [0.1, 0.15) is 23.5 Å². The van der Waals surface area contributed by atoms with E-state index in [1.165, 1.54) is 9.87 Å². The highest BCUT2D eigenvalue weighted by Crippen LogP contribution is 2.28. The Balaban J connectivity index is 1.70. The molecule has 2 aromatic carbocycles. The lowest BCUT2D eigenvalue weighted by atomic mass is 9.99. The lowest BCUT2D eigenvalue weighted by molar-refractivity contribution is 0.326. The second-order valence-electron chi connectivity index (χ2n) is 6.57. The molecule has 0 spiro atoms. The van der Waals surface area contributed by atoms with E-state index >= 15 is 0 Å². The van der Waals surface area contributed by atoms with Crippen LogP contribution in [0, 0.1) is 0 Å². The van der Waals surface area contributed by atoms with Crippen LogP contribution in [0.3, 0.4) is 0 Å². The fourth-order valence-corrected chi connectivity index (χ4v) is 4.22. The summed E-state index contributed by atoms with van der Waals surface area (Å²) in [5, 5.41) is 0. The summed E-state index contributed by atoms with van der Waals surface area (Å²) in [6, 6.07) is 17.9. The summed E-state index contributed by atoms with van der Waals surface area (Å²) in [6.45, 7) is 2.86. The second kappa shape index (κ2) is 7.05.